The standard InChI is InChI=1S/2C8H18O3PS.3Cd/c2*1-7(2)5-13(6-8(3)4)12(9,10)11;;;/h2*7-8H,5-6H2,1-4H3;;;/q2*-3;3*+2. The van der Waals surface area contributed by atoms with Crippen LogP contribution in [0.1, 0.15) is 55.4 Å². The first kappa shape index (κ1) is 43.2. The molecular formula is C16H36Cd3O6P2S2. The zero-order chi connectivity index (χ0) is 21.3. The van der Waals surface area contributed by atoms with Crippen molar-refractivity contribution in [1.29, 1.82) is 0 Å². The molecule has 29 heavy (non-hydrogen) atoms. The summed E-state index contributed by atoms with van der Waals surface area (Å²) >= 11 is 0. The molecule has 0 aliphatic rings. The minimum atomic E-state index is -4.36. The second-order valence-corrected chi connectivity index (χ2v) is 18.8. The molecule has 164 valence electrons. The van der Waals surface area contributed by atoms with Crippen LogP contribution in [-0.2, 0) is 102 Å². The van der Waals surface area contributed by atoms with Gasteiger partial charge in [0.1, 0.15) is 0 Å². The van der Waals surface area contributed by atoms with E-state index in [1.54, 1.807) is 0 Å². The van der Waals surface area contributed by atoms with Crippen LogP contribution in [-0.4, -0.2) is 23.0 Å². The van der Waals surface area contributed by atoms with Crippen LogP contribution in [0.25, 0.3) is 0 Å². The third-order valence-electron chi connectivity index (χ3n) is 2.74. The second kappa shape index (κ2) is 21.4. The van der Waals surface area contributed by atoms with Gasteiger partial charge in [0.15, 0.2) is 0 Å². The predicted molar refractivity (Wildman–Crippen MR) is 107 cm³/mol. The van der Waals surface area contributed by atoms with Crippen molar-refractivity contribution >= 4 is 33.6 Å². The molecule has 0 fully saturated rings. The van der Waals surface area contributed by atoms with Crippen molar-refractivity contribution in [2.45, 2.75) is 55.4 Å². The molecule has 0 aromatic carbocycles. The molecule has 0 amide bonds. The number of hydrogen-bond donors (Lipinski definition) is 0. The van der Waals surface area contributed by atoms with E-state index in [4.69, 9.17) is 0 Å². The molecule has 0 unspecified atom stereocenters. The van der Waals surface area contributed by atoms with Crippen LogP contribution in [0.2, 0.25) is 0 Å². The summed E-state index contributed by atoms with van der Waals surface area (Å²) in [7, 11) is -1.92. The molecule has 0 spiro atoms. The molecule has 0 saturated heterocycles. The zero-order valence-corrected chi connectivity index (χ0v) is 35.0. The first-order valence-corrected chi connectivity index (χ1v) is 16.3. The Morgan fingerprint density at radius 2 is 0.586 bits per heavy atom. The van der Waals surface area contributed by atoms with Gasteiger partial charge in [-0.05, 0) is 46.7 Å². The van der Waals surface area contributed by atoms with E-state index in [-0.39, 0.29) is 106 Å². The average Bonchev–Trinajstić information content (AvgIpc) is 2.33. The van der Waals surface area contributed by atoms with E-state index < -0.39 is 33.6 Å². The predicted octanol–water partition coefficient (Wildman–Crippen LogP) is -0.657. The fourth-order valence-electron chi connectivity index (χ4n) is 2.04. The second-order valence-electron chi connectivity index (χ2n) is 8.06. The van der Waals surface area contributed by atoms with Gasteiger partial charge in [-0.2, -0.15) is 0 Å². The third kappa shape index (κ3) is 28.2. The van der Waals surface area contributed by atoms with E-state index in [9.17, 15) is 29.4 Å². The van der Waals surface area contributed by atoms with Gasteiger partial charge in [-0.15, -0.1) is 0 Å². The Morgan fingerprint density at radius 3 is 0.655 bits per heavy atom. The molecule has 0 saturated carbocycles. The Balaban J connectivity index is -0.000000120. The van der Waals surface area contributed by atoms with Gasteiger partial charge in [0.2, 0.25) is 0 Å². The first-order chi connectivity index (χ1) is 11.5. The summed E-state index contributed by atoms with van der Waals surface area (Å²) in [5.41, 5.74) is 0. The molecule has 0 atom stereocenters. The molecule has 0 aliphatic carbocycles. The Hall–Kier alpha value is 4.09. The van der Waals surface area contributed by atoms with Crippen LogP contribution in [0.3, 0.4) is 0 Å². The summed E-state index contributed by atoms with van der Waals surface area (Å²) in [5.74, 6) is 3.17. The Kier molecular flexibility index (Phi) is 31.8. The van der Waals surface area contributed by atoms with Crippen LogP contribution < -0.4 is 29.4 Å². The molecule has 0 aromatic heterocycles. The van der Waals surface area contributed by atoms with Crippen LogP contribution in [0.5, 0.6) is 0 Å². The summed E-state index contributed by atoms with van der Waals surface area (Å²) in [6.45, 7) is 6.81. The minimum absolute atomic E-state index is 0. The van der Waals surface area contributed by atoms with Crippen LogP contribution in [0.4, 0.5) is 0 Å². The van der Waals surface area contributed by atoms with Crippen molar-refractivity contribution in [3.63, 3.8) is 0 Å². The van der Waals surface area contributed by atoms with Gasteiger partial charge < -0.3 is 42.8 Å². The van der Waals surface area contributed by atoms with Crippen LogP contribution in [0.15, 0.2) is 0 Å². The van der Waals surface area contributed by atoms with E-state index >= 15 is 0 Å². The van der Waals surface area contributed by atoms with Crippen molar-refractivity contribution in [2.75, 3.05) is 23.0 Å². The van der Waals surface area contributed by atoms with Gasteiger partial charge in [-0.1, -0.05) is 55.4 Å². The van der Waals surface area contributed by atoms with Crippen molar-refractivity contribution in [2.24, 2.45) is 23.7 Å². The van der Waals surface area contributed by atoms with E-state index in [0.717, 1.165) is 0 Å². The van der Waals surface area contributed by atoms with Gasteiger partial charge in [0.05, 0.1) is 0 Å². The maximum Gasteiger partial charge on any atom is 2.00 e. The largest absolute Gasteiger partial charge is 2.00 e. The van der Waals surface area contributed by atoms with Gasteiger partial charge in [0, 0.05) is 0 Å². The SMILES string of the molecule is CC(C)CS(CC(C)C)=P([O-])([O-])[O-].CC(C)CS(CC(C)C)=P([O-])([O-])[O-].[Cd+2].[Cd+2].[Cd+2]. The Labute approximate surface area is 243 Å². The van der Waals surface area contributed by atoms with Gasteiger partial charge in [-0.3, -0.25) is 0 Å². The quantitative estimate of drug-likeness (QED) is 0.237. The number of rotatable bonds is 8. The maximum absolute atomic E-state index is 10.9. The van der Waals surface area contributed by atoms with Crippen LogP contribution in [0, 0.1) is 23.7 Å². The molecule has 0 rings (SSSR count). The summed E-state index contributed by atoms with van der Waals surface area (Å²) in [5, 5.41) is 0. The summed E-state index contributed by atoms with van der Waals surface area (Å²) in [6, 6.07) is 0. The van der Waals surface area contributed by atoms with Crippen LogP contribution >= 0.6 is 13.4 Å². The first-order valence-electron chi connectivity index (χ1n) is 8.87. The Morgan fingerprint density at radius 1 is 0.448 bits per heavy atom. The molecule has 0 N–H and O–H groups in total. The van der Waals surface area contributed by atoms with Gasteiger partial charge in [0.25, 0.3) is 0 Å². The monoisotopic (exact) mass is 792 g/mol. The van der Waals surface area contributed by atoms with E-state index in [1.165, 1.54) is 0 Å². The van der Waals surface area contributed by atoms with E-state index in [2.05, 4.69) is 0 Å². The Bertz CT molecular complexity index is 434. The normalized spacial score (nSPS) is 12.0. The van der Waals surface area contributed by atoms with E-state index in [0.29, 0.717) is 23.0 Å². The zero-order valence-electron chi connectivity index (χ0n) is 19.4. The van der Waals surface area contributed by atoms with Gasteiger partial charge >= 0.3 is 81.9 Å². The van der Waals surface area contributed by atoms with Gasteiger partial charge in [-0.25, -0.2) is 20.1 Å². The fourth-order valence-corrected chi connectivity index (χ4v) is 11.9. The van der Waals surface area contributed by atoms with E-state index in [1.807, 2.05) is 55.4 Å². The summed E-state index contributed by atoms with van der Waals surface area (Å²) in [6.07, 6.45) is 0. The molecule has 6 nitrogen and oxygen atoms in total. The van der Waals surface area contributed by atoms with Crippen molar-refractivity contribution in [3.05, 3.63) is 0 Å². The van der Waals surface area contributed by atoms with Crippen molar-refractivity contribution in [1.82, 2.24) is 0 Å². The smallest absolute Gasteiger partial charge is 0.848 e. The average molecular weight is 788 g/mol. The fraction of sp³-hybridized carbons (Fsp3) is 1.00. The molecular weight excluding hydrogens is 751 g/mol. The molecule has 13 heteroatoms. The molecule has 0 heterocycles. The maximum atomic E-state index is 10.9. The molecule has 0 radical (unpaired) electrons. The summed E-state index contributed by atoms with van der Waals surface area (Å²) < 4.78 is 0. The minimum Gasteiger partial charge on any atom is -0.848 e. The van der Waals surface area contributed by atoms with Crippen molar-refractivity contribution < 1.29 is 111 Å². The topological polar surface area (TPSA) is 138 Å². The number of hydrogen-bond acceptors (Lipinski definition) is 6. The molecule has 0 bridgehead atoms. The molecule has 0 aliphatic heterocycles. The molecule has 0 aromatic rings. The third-order valence-corrected chi connectivity index (χ3v) is 13.8. The summed E-state index contributed by atoms with van der Waals surface area (Å²) in [4.78, 5) is 65.3. The van der Waals surface area contributed by atoms with Crippen molar-refractivity contribution in [3.8, 4) is 0 Å².